The molecule has 1 aromatic heterocycles. The van der Waals surface area contributed by atoms with Gasteiger partial charge in [0, 0.05) is 11.4 Å². The van der Waals surface area contributed by atoms with Crippen LogP contribution in [0.5, 0.6) is 0 Å². The minimum atomic E-state index is -3.32. The lowest BCUT2D eigenvalue weighted by molar-refractivity contribution is 0.595. The van der Waals surface area contributed by atoms with Gasteiger partial charge in [-0.1, -0.05) is 18.2 Å². The summed E-state index contributed by atoms with van der Waals surface area (Å²) in [5.41, 5.74) is 6.38. The molecule has 0 aliphatic carbocycles. The predicted octanol–water partition coefficient (Wildman–Crippen LogP) is 1.88. The van der Waals surface area contributed by atoms with E-state index in [2.05, 4.69) is 4.98 Å². The molecule has 1 heterocycles. The Morgan fingerprint density at radius 2 is 1.94 bits per heavy atom. The van der Waals surface area contributed by atoms with Gasteiger partial charge in [0.05, 0.1) is 10.6 Å². The van der Waals surface area contributed by atoms with Crippen LogP contribution in [0.4, 0.5) is 0 Å². The molecule has 0 fully saturated rings. The lowest BCUT2D eigenvalue weighted by Crippen LogP contribution is -2.04. The number of hydrogen-bond acceptors (Lipinski definition) is 5. The summed E-state index contributed by atoms with van der Waals surface area (Å²) < 4.78 is 24.3. The van der Waals surface area contributed by atoms with Crippen molar-refractivity contribution in [2.24, 2.45) is 5.73 Å². The highest BCUT2D eigenvalue weighted by molar-refractivity contribution is 7.90. The van der Waals surface area contributed by atoms with Gasteiger partial charge in [-0.3, -0.25) is 0 Å². The summed E-state index contributed by atoms with van der Waals surface area (Å²) in [6.07, 6.45) is 0. The highest BCUT2D eigenvalue weighted by Gasteiger charge is 2.18. The van der Waals surface area contributed by atoms with E-state index in [4.69, 9.17) is 5.73 Å². The normalized spacial score (nSPS) is 11.7. The fourth-order valence-corrected chi connectivity index (χ4v) is 4.19. The molecule has 6 heteroatoms. The Morgan fingerprint density at radius 1 is 1.28 bits per heavy atom. The first kappa shape index (κ1) is 13.2. The SMILES string of the molecule is Cc1nc(CS(=O)(=O)c2ccccc2)sc1CN. The quantitative estimate of drug-likeness (QED) is 0.929. The first-order valence-corrected chi connectivity index (χ1v) is 7.93. The second-order valence-corrected chi connectivity index (χ2v) is 7.05. The van der Waals surface area contributed by atoms with Crippen molar-refractivity contribution >= 4 is 21.2 Å². The number of thiazole rings is 1. The van der Waals surface area contributed by atoms with Crippen LogP contribution in [0.2, 0.25) is 0 Å². The van der Waals surface area contributed by atoms with Crippen molar-refractivity contribution in [1.29, 1.82) is 0 Å². The Hall–Kier alpha value is -1.24. The molecule has 2 aromatic rings. The highest BCUT2D eigenvalue weighted by atomic mass is 32.2. The van der Waals surface area contributed by atoms with Gasteiger partial charge in [-0.15, -0.1) is 11.3 Å². The summed E-state index contributed by atoms with van der Waals surface area (Å²) in [6.45, 7) is 2.24. The van der Waals surface area contributed by atoms with Crippen molar-refractivity contribution in [2.45, 2.75) is 24.1 Å². The van der Waals surface area contributed by atoms with Crippen molar-refractivity contribution in [3.05, 3.63) is 45.9 Å². The lowest BCUT2D eigenvalue weighted by Gasteiger charge is -2.01. The molecular weight excluding hydrogens is 268 g/mol. The van der Waals surface area contributed by atoms with E-state index in [1.807, 2.05) is 6.92 Å². The maximum absolute atomic E-state index is 12.1. The molecule has 0 bridgehead atoms. The van der Waals surface area contributed by atoms with Gasteiger partial charge in [0.2, 0.25) is 0 Å². The number of rotatable bonds is 4. The third kappa shape index (κ3) is 2.77. The molecule has 0 unspecified atom stereocenters. The van der Waals surface area contributed by atoms with Gasteiger partial charge in [-0.2, -0.15) is 0 Å². The Balaban J connectivity index is 2.28. The molecule has 2 rings (SSSR count). The zero-order chi connectivity index (χ0) is 13.2. The molecule has 96 valence electrons. The van der Waals surface area contributed by atoms with E-state index >= 15 is 0 Å². The maximum Gasteiger partial charge on any atom is 0.184 e. The molecule has 18 heavy (non-hydrogen) atoms. The summed E-state index contributed by atoms with van der Waals surface area (Å²) in [5.74, 6) is -0.0669. The summed E-state index contributed by atoms with van der Waals surface area (Å²) in [6, 6.07) is 8.41. The number of nitrogens with two attached hydrogens (primary N) is 1. The summed E-state index contributed by atoms with van der Waals surface area (Å²) in [7, 11) is -3.32. The average Bonchev–Trinajstić information content (AvgIpc) is 2.70. The van der Waals surface area contributed by atoms with Crippen LogP contribution in [0.1, 0.15) is 15.6 Å². The molecule has 4 nitrogen and oxygen atoms in total. The van der Waals surface area contributed by atoms with Crippen molar-refractivity contribution in [1.82, 2.24) is 4.98 Å². The van der Waals surface area contributed by atoms with Gasteiger partial charge >= 0.3 is 0 Å². The van der Waals surface area contributed by atoms with Gasteiger partial charge < -0.3 is 5.73 Å². The van der Waals surface area contributed by atoms with Crippen LogP contribution in [0, 0.1) is 6.92 Å². The van der Waals surface area contributed by atoms with Crippen LogP contribution in [0.25, 0.3) is 0 Å². The number of nitrogens with zero attached hydrogens (tertiary/aromatic N) is 1. The van der Waals surface area contributed by atoms with Crippen LogP contribution in [0.3, 0.4) is 0 Å². The van der Waals surface area contributed by atoms with Crippen molar-refractivity contribution in [3.63, 3.8) is 0 Å². The average molecular weight is 282 g/mol. The molecule has 0 spiro atoms. The van der Waals surface area contributed by atoms with Gasteiger partial charge in [0.1, 0.15) is 10.8 Å². The van der Waals surface area contributed by atoms with E-state index in [-0.39, 0.29) is 5.75 Å². The predicted molar refractivity (Wildman–Crippen MR) is 72.1 cm³/mol. The van der Waals surface area contributed by atoms with Crippen LogP contribution in [0.15, 0.2) is 35.2 Å². The fraction of sp³-hybridized carbons (Fsp3) is 0.250. The smallest absolute Gasteiger partial charge is 0.184 e. The number of benzene rings is 1. The Bertz CT molecular complexity index is 633. The van der Waals surface area contributed by atoms with Gasteiger partial charge in [-0.05, 0) is 19.1 Å². The fourth-order valence-electron chi connectivity index (χ4n) is 1.61. The maximum atomic E-state index is 12.1. The molecule has 0 saturated heterocycles. The molecule has 0 saturated carbocycles. The standard InChI is InChI=1S/C12H14N2O2S2/c1-9-11(7-13)17-12(14-9)8-18(15,16)10-5-3-2-4-6-10/h2-6H,7-8,13H2,1H3. The summed E-state index contributed by atoms with van der Waals surface area (Å²) in [4.78, 5) is 5.52. The molecule has 0 amide bonds. The van der Waals surface area contributed by atoms with E-state index < -0.39 is 9.84 Å². The number of aryl methyl sites for hydroxylation is 1. The minimum Gasteiger partial charge on any atom is -0.326 e. The van der Waals surface area contributed by atoms with E-state index in [0.29, 0.717) is 16.4 Å². The van der Waals surface area contributed by atoms with E-state index in [0.717, 1.165) is 10.6 Å². The summed E-state index contributed by atoms with van der Waals surface area (Å²) >= 11 is 1.37. The Labute approximate surface area is 110 Å². The third-order valence-corrected chi connectivity index (χ3v) is 5.54. The first-order chi connectivity index (χ1) is 8.53. The largest absolute Gasteiger partial charge is 0.326 e. The van der Waals surface area contributed by atoms with Crippen LogP contribution >= 0.6 is 11.3 Å². The van der Waals surface area contributed by atoms with E-state index in [9.17, 15) is 8.42 Å². The van der Waals surface area contributed by atoms with E-state index in [1.165, 1.54) is 11.3 Å². The molecule has 0 aliphatic rings. The molecular formula is C12H14N2O2S2. The number of sulfone groups is 1. The monoisotopic (exact) mass is 282 g/mol. The van der Waals surface area contributed by atoms with Gasteiger partial charge in [0.15, 0.2) is 9.84 Å². The van der Waals surface area contributed by atoms with Crippen molar-refractivity contribution < 1.29 is 8.42 Å². The topological polar surface area (TPSA) is 73.0 Å². The van der Waals surface area contributed by atoms with Crippen LogP contribution in [-0.4, -0.2) is 13.4 Å². The van der Waals surface area contributed by atoms with Crippen LogP contribution < -0.4 is 5.73 Å². The molecule has 0 radical (unpaired) electrons. The first-order valence-electron chi connectivity index (χ1n) is 5.46. The molecule has 0 atom stereocenters. The van der Waals surface area contributed by atoms with Crippen molar-refractivity contribution in [2.75, 3.05) is 0 Å². The zero-order valence-electron chi connectivity index (χ0n) is 9.96. The number of aromatic nitrogens is 1. The summed E-state index contributed by atoms with van der Waals surface area (Å²) in [5, 5.41) is 0.594. The van der Waals surface area contributed by atoms with Gasteiger partial charge in [-0.25, -0.2) is 13.4 Å². The zero-order valence-corrected chi connectivity index (χ0v) is 11.6. The number of hydrogen-bond donors (Lipinski definition) is 1. The Kier molecular flexibility index (Phi) is 3.79. The molecule has 1 aromatic carbocycles. The third-order valence-electron chi connectivity index (χ3n) is 2.54. The minimum absolute atomic E-state index is 0.0669. The van der Waals surface area contributed by atoms with Crippen molar-refractivity contribution in [3.8, 4) is 0 Å². The Morgan fingerprint density at radius 3 is 2.50 bits per heavy atom. The van der Waals surface area contributed by atoms with E-state index in [1.54, 1.807) is 30.3 Å². The van der Waals surface area contributed by atoms with Gasteiger partial charge in [0.25, 0.3) is 0 Å². The van der Waals surface area contributed by atoms with Crippen LogP contribution in [-0.2, 0) is 22.1 Å². The second-order valence-electron chi connectivity index (χ2n) is 3.89. The highest BCUT2D eigenvalue weighted by Crippen LogP contribution is 2.22. The molecule has 0 aliphatic heterocycles. The second kappa shape index (κ2) is 5.17. The lowest BCUT2D eigenvalue weighted by atomic mass is 10.4. The molecule has 2 N–H and O–H groups in total.